The van der Waals surface area contributed by atoms with Crippen molar-refractivity contribution in [3.8, 4) is 0 Å². The molecule has 0 aromatic heterocycles. The highest BCUT2D eigenvalue weighted by molar-refractivity contribution is 6.43. The van der Waals surface area contributed by atoms with Crippen LogP contribution in [0.15, 0.2) is 47.6 Å². The third-order valence-electron chi connectivity index (χ3n) is 4.36. The van der Waals surface area contributed by atoms with E-state index in [9.17, 15) is 0 Å². The number of nitrogens with zero attached hydrogens (tertiary/aromatic N) is 2. The van der Waals surface area contributed by atoms with Gasteiger partial charge in [0.15, 0.2) is 0 Å². The minimum atomic E-state index is 0.562. The van der Waals surface area contributed by atoms with Crippen molar-refractivity contribution in [1.29, 1.82) is 0 Å². The summed E-state index contributed by atoms with van der Waals surface area (Å²) in [6.45, 7) is 7.30. The molecule has 1 heterocycles. The summed E-state index contributed by atoms with van der Waals surface area (Å²) in [5.41, 5.74) is 3.57. The number of hydrogen-bond acceptors (Lipinski definition) is 2. The highest BCUT2D eigenvalue weighted by Gasteiger charge is 2.18. The molecule has 0 amide bonds. The third-order valence-corrected chi connectivity index (χ3v) is 5.20. The van der Waals surface area contributed by atoms with E-state index in [0.29, 0.717) is 10.0 Å². The summed E-state index contributed by atoms with van der Waals surface area (Å²) < 4.78 is 0. The summed E-state index contributed by atoms with van der Waals surface area (Å²) >= 11 is 12.2. The van der Waals surface area contributed by atoms with E-state index in [1.165, 1.54) is 11.1 Å². The predicted molar refractivity (Wildman–Crippen MR) is 101 cm³/mol. The van der Waals surface area contributed by atoms with Gasteiger partial charge in [-0.15, -0.1) is 0 Å². The number of benzene rings is 2. The van der Waals surface area contributed by atoms with Crippen LogP contribution in [0.1, 0.15) is 16.7 Å². The molecule has 0 spiro atoms. The Hall–Kier alpha value is -1.55. The Labute approximate surface area is 153 Å². The van der Waals surface area contributed by atoms with Crippen LogP contribution in [0.2, 0.25) is 10.0 Å². The van der Waals surface area contributed by atoms with Gasteiger partial charge in [0, 0.05) is 11.1 Å². The molecule has 0 saturated carbocycles. The number of rotatable bonds is 4. The van der Waals surface area contributed by atoms with E-state index in [-0.39, 0.29) is 0 Å². The van der Waals surface area contributed by atoms with E-state index in [1.54, 1.807) is 17.2 Å². The van der Waals surface area contributed by atoms with E-state index in [0.717, 1.165) is 38.3 Å². The maximum atomic E-state index is 6.19. The first-order valence-corrected chi connectivity index (χ1v) is 8.99. The van der Waals surface area contributed by atoms with E-state index < -0.39 is 0 Å². The zero-order chi connectivity index (χ0) is 16.9. The molecule has 1 aliphatic heterocycles. The molecule has 1 N–H and O–H groups in total. The maximum absolute atomic E-state index is 6.19. The molecule has 5 heteroatoms. The van der Waals surface area contributed by atoms with Crippen LogP contribution in [-0.2, 0) is 6.54 Å². The molecule has 3 nitrogen and oxygen atoms in total. The normalized spacial score (nSPS) is 16.0. The zero-order valence-electron chi connectivity index (χ0n) is 13.8. The van der Waals surface area contributed by atoms with E-state index >= 15 is 0 Å². The Morgan fingerprint density at radius 3 is 2.50 bits per heavy atom. The van der Waals surface area contributed by atoms with Crippen LogP contribution in [-0.4, -0.2) is 37.4 Å². The van der Waals surface area contributed by atoms with Gasteiger partial charge in [0.1, 0.15) is 6.54 Å². The van der Waals surface area contributed by atoms with E-state index in [1.807, 2.05) is 12.1 Å². The number of hydrogen-bond donors (Lipinski definition) is 1. The fraction of sp³-hybridized carbons (Fsp3) is 0.316. The van der Waals surface area contributed by atoms with Crippen LogP contribution in [0.5, 0.6) is 0 Å². The second-order valence-corrected chi connectivity index (χ2v) is 7.04. The molecule has 126 valence electrons. The highest BCUT2D eigenvalue weighted by atomic mass is 35.5. The van der Waals surface area contributed by atoms with Gasteiger partial charge in [0.25, 0.3) is 0 Å². The molecule has 0 aliphatic carbocycles. The number of aryl methyl sites for hydroxylation is 1. The molecule has 0 unspecified atom stereocenters. The van der Waals surface area contributed by atoms with Gasteiger partial charge in [-0.3, -0.25) is 5.01 Å². The van der Waals surface area contributed by atoms with Crippen molar-refractivity contribution in [2.24, 2.45) is 5.10 Å². The molecular formula is C19H22Cl2N3+. The van der Waals surface area contributed by atoms with Gasteiger partial charge in [0.2, 0.25) is 0 Å². The van der Waals surface area contributed by atoms with Crippen LogP contribution < -0.4 is 4.90 Å². The molecule has 2 aromatic rings. The number of nitrogens with one attached hydrogen (secondary N) is 1. The standard InChI is InChI=1S/C19H21Cl2N3/c1-15-5-7-16(8-6-15)14-23-9-11-24(12-10-23)22-13-17-3-2-4-18(20)19(17)21/h2-8,13H,9-12,14H2,1H3/p+1/b22-13+. The maximum Gasteiger partial charge on any atom is 0.103 e. The first-order chi connectivity index (χ1) is 11.6. The van der Waals surface area contributed by atoms with Crippen LogP contribution in [0.3, 0.4) is 0 Å². The lowest BCUT2D eigenvalue weighted by atomic mass is 10.1. The Bertz CT molecular complexity index is 705. The summed E-state index contributed by atoms with van der Waals surface area (Å²) in [5, 5.41) is 7.79. The first-order valence-electron chi connectivity index (χ1n) is 8.24. The summed E-state index contributed by atoms with van der Waals surface area (Å²) in [6, 6.07) is 14.4. The number of hydrazone groups is 1. The van der Waals surface area contributed by atoms with Crippen molar-refractivity contribution in [2.75, 3.05) is 26.2 Å². The Morgan fingerprint density at radius 1 is 1.08 bits per heavy atom. The summed E-state index contributed by atoms with van der Waals surface area (Å²) in [6.07, 6.45) is 1.80. The summed E-state index contributed by atoms with van der Waals surface area (Å²) in [5.74, 6) is 0. The van der Waals surface area contributed by atoms with E-state index in [4.69, 9.17) is 23.2 Å². The number of quaternary nitrogens is 1. The Balaban J connectivity index is 1.52. The highest BCUT2D eigenvalue weighted by Crippen LogP contribution is 2.24. The Morgan fingerprint density at radius 2 is 1.79 bits per heavy atom. The molecule has 0 bridgehead atoms. The van der Waals surface area contributed by atoms with Gasteiger partial charge in [-0.2, -0.15) is 5.10 Å². The number of piperazine rings is 1. The third kappa shape index (κ3) is 4.50. The SMILES string of the molecule is Cc1ccc(C[NH+]2CCN(/N=C/c3cccc(Cl)c3Cl)CC2)cc1. The molecule has 2 aromatic carbocycles. The lowest BCUT2D eigenvalue weighted by molar-refractivity contribution is -0.918. The van der Waals surface area contributed by atoms with Crippen molar-refractivity contribution in [2.45, 2.75) is 13.5 Å². The molecule has 24 heavy (non-hydrogen) atoms. The molecule has 0 atom stereocenters. The fourth-order valence-electron chi connectivity index (χ4n) is 2.86. The van der Waals surface area contributed by atoms with Gasteiger partial charge >= 0.3 is 0 Å². The molecule has 3 rings (SSSR count). The van der Waals surface area contributed by atoms with E-state index in [2.05, 4.69) is 41.3 Å². The van der Waals surface area contributed by atoms with Crippen molar-refractivity contribution in [3.63, 3.8) is 0 Å². The quantitative estimate of drug-likeness (QED) is 0.828. The molecule has 1 aliphatic rings. The van der Waals surface area contributed by atoms with Crippen molar-refractivity contribution in [1.82, 2.24) is 5.01 Å². The van der Waals surface area contributed by atoms with Gasteiger partial charge in [0.05, 0.1) is 42.4 Å². The molecule has 1 fully saturated rings. The minimum Gasteiger partial charge on any atom is -0.328 e. The van der Waals surface area contributed by atoms with Gasteiger partial charge in [-0.25, -0.2) is 0 Å². The van der Waals surface area contributed by atoms with Crippen LogP contribution >= 0.6 is 23.2 Å². The lowest BCUT2D eigenvalue weighted by Crippen LogP contribution is -3.13. The van der Waals surface area contributed by atoms with Crippen molar-refractivity contribution >= 4 is 29.4 Å². The number of halogens is 2. The van der Waals surface area contributed by atoms with Crippen LogP contribution in [0.25, 0.3) is 0 Å². The van der Waals surface area contributed by atoms with Crippen molar-refractivity contribution < 1.29 is 4.90 Å². The Kier molecular flexibility index (Phi) is 5.77. The minimum absolute atomic E-state index is 0.562. The topological polar surface area (TPSA) is 20.0 Å². The lowest BCUT2D eigenvalue weighted by Gasteiger charge is -2.30. The zero-order valence-corrected chi connectivity index (χ0v) is 15.3. The fourth-order valence-corrected chi connectivity index (χ4v) is 3.22. The first kappa shape index (κ1) is 17.3. The van der Waals surface area contributed by atoms with Gasteiger partial charge in [-0.1, -0.05) is 65.2 Å². The van der Waals surface area contributed by atoms with Gasteiger partial charge < -0.3 is 4.90 Å². The smallest absolute Gasteiger partial charge is 0.103 e. The van der Waals surface area contributed by atoms with Crippen LogP contribution in [0.4, 0.5) is 0 Å². The van der Waals surface area contributed by atoms with Crippen LogP contribution in [0, 0.1) is 6.92 Å². The monoisotopic (exact) mass is 362 g/mol. The average molecular weight is 363 g/mol. The largest absolute Gasteiger partial charge is 0.328 e. The summed E-state index contributed by atoms with van der Waals surface area (Å²) in [4.78, 5) is 1.60. The predicted octanol–water partition coefficient (Wildman–Crippen LogP) is 3.04. The molecular weight excluding hydrogens is 341 g/mol. The second-order valence-electron chi connectivity index (χ2n) is 6.25. The average Bonchev–Trinajstić information content (AvgIpc) is 2.59. The van der Waals surface area contributed by atoms with Crippen molar-refractivity contribution in [3.05, 3.63) is 69.2 Å². The second kappa shape index (κ2) is 8.02. The van der Waals surface area contributed by atoms with Gasteiger partial charge in [-0.05, 0) is 13.0 Å². The summed E-state index contributed by atoms with van der Waals surface area (Å²) in [7, 11) is 0. The molecule has 0 radical (unpaired) electrons. The molecule has 1 saturated heterocycles.